The maximum absolute atomic E-state index is 13.0. The molecule has 3 rings (SSSR count). The van der Waals surface area contributed by atoms with Gasteiger partial charge in [-0.2, -0.15) is 0 Å². The molecule has 8 heteroatoms. The van der Waals surface area contributed by atoms with Gasteiger partial charge in [-0.3, -0.25) is 4.79 Å². The number of carbonyl (C=O) groups is 1. The highest BCUT2D eigenvalue weighted by molar-refractivity contribution is 9.10. The lowest BCUT2D eigenvalue weighted by molar-refractivity contribution is -0.116. The fourth-order valence-electron chi connectivity index (χ4n) is 3.53. The van der Waals surface area contributed by atoms with E-state index in [0.29, 0.717) is 16.7 Å². The van der Waals surface area contributed by atoms with Crippen molar-refractivity contribution in [2.24, 2.45) is 0 Å². The van der Waals surface area contributed by atoms with Crippen LogP contribution in [0.5, 0.6) is 0 Å². The Hall–Kier alpha value is -1.74. The molecule has 1 N–H and O–H groups in total. The second-order valence-corrected chi connectivity index (χ2v) is 10.1. The number of rotatable bonds is 7. The number of benzene rings is 2. The van der Waals surface area contributed by atoms with Crippen LogP contribution < -0.4 is 9.62 Å². The van der Waals surface area contributed by atoms with E-state index < -0.39 is 10.0 Å². The van der Waals surface area contributed by atoms with Gasteiger partial charge in [-0.05, 0) is 66.1 Å². The maximum Gasteiger partial charge on any atom is 0.241 e. The molecule has 1 amide bonds. The van der Waals surface area contributed by atoms with Crippen LogP contribution in [0, 0.1) is 0 Å². The summed E-state index contributed by atoms with van der Waals surface area (Å²) in [4.78, 5) is 15.7. The van der Waals surface area contributed by atoms with Crippen LogP contribution in [-0.2, 0) is 27.7 Å². The second kappa shape index (κ2) is 8.95. The SMILES string of the molecule is CC(=O)N1CCc2cc(Br)c(S(=O)(=O)NC[C@H](Cc3ccccc3)N(C)C)cc21. The van der Waals surface area contributed by atoms with Crippen molar-refractivity contribution in [2.45, 2.75) is 30.7 Å². The number of hydrogen-bond acceptors (Lipinski definition) is 4. The van der Waals surface area contributed by atoms with Crippen LogP contribution in [0.25, 0.3) is 0 Å². The van der Waals surface area contributed by atoms with Crippen LogP contribution in [0.1, 0.15) is 18.1 Å². The molecule has 1 aliphatic rings. The maximum atomic E-state index is 13.0. The average Bonchev–Trinajstić information content (AvgIpc) is 3.08. The first-order valence-corrected chi connectivity index (χ1v) is 11.8. The lowest BCUT2D eigenvalue weighted by atomic mass is 10.1. The highest BCUT2D eigenvalue weighted by atomic mass is 79.9. The Bertz CT molecular complexity index is 994. The topological polar surface area (TPSA) is 69.7 Å². The number of anilines is 1. The average molecular weight is 480 g/mol. The third kappa shape index (κ3) is 5.06. The van der Waals surface area contributed by atoms with Crippen molar-refractivity contribution in [3.05, 3.63) is 58.1 Å². The van der Waals surface area contributed by atoms with Crippen molar-refractivity contribution in [1.82, 2.24) is 9.62 Å². The molecule has 0 aromatic heterocycles. The van der Waals surface area contributed by atoms with E-state index in [9.17, 15) is 13.2 Å². The van der Waals surface area contributed by atoms with Gasteiger partial charge >= 0.3 is 0 Å². The summed E-state index contributed by atoms with van der Waals surface area (Å²) in [5.74, 6) is -0.0853. The van der Waals surface area contributed by atoms with Gasteiger partial charge in [0.2, 0.25) is 15.9 Å². The molecule has 0 unspecified atom stereocenters. The molecular formula is C21H26BrN3O3S. The molecule has 0 saturated heterocycles. The van der Waals surface area contributed by atoms with Crippen molar-refractivity contribution in [1.29, 1.82) is 0 Å². The van der Waals surface area contributed by atoms with E-state index in [1.54, 1.807) is 17.0 Å². The predicted octanol–water partition coefficient (Wildman–Crippen LogP) is 2.81. The number of nitrogens with zero attached hydrogens (tertiary/aromatic N) is 2. The lowest BCUT2D eigenvalue weighted by Gasteiger charge is -2.25. The first-order chi connectivity index (χ1) is 13.7. The molecule has 0 saturated carbocycles. The monoisotopic (exact) mass is 479 g/mol. The summed E-state index contributed by atoms with van der Waals surface area (Å²) in [5, 5.41) is 0. The Balaban J connectivity index is 1.80. The van der Waals surface area contributed by atoms with Crippen LogP contribution in [-0.4, -0.2) is 52.5 Å². The van der Waals surface area contributed by atoms with Gasteiger partial charge in [-0.25, -0.2) is 13.1 Å². The van der Waals surface area contributed by atoms with E-state index in [1.165, 1.54) is 6.92 Å². The highest BCUT2D eigenvalue weighted by Gasteiger charge is 2.28. The Morgan fingerprint density at radius 3 is 2.55 bits per heavy atom. The number of nitrogens with one attached hydrogen (secondary N) is 1. The summed E-state index contributed by atoms with van der Waals surface area (Å²) in [5.41, 5.74) is 2.80. The van der Waals surface area contributed by atoms with E-state index >= 15 is 0 Å². The van der Waals surface area contributed by atoms with E-state index in [4.69, 9.17) is 0 Å². The minimum atomic E-state index is -3.74. The predicted molar refractivity (Wildman–Crippen MR) is 119 cm³/mol. The zero-order valence-electron chi connectivity index (χ0n) is 16.9. The Morgan fingerprint density at radius 1 is 1.24 bits per heavy atom. The highest BCUT2D eigenvalue weighted by Crippen LogP contribution is 2.35. The molecule has 0 fully saturated rings. The van der Waals surface area contributed by atoms with Crippen LogP contribution in [0.3, 0.4) is 0 Å². The number of carbonyl (C=O) groups excluding carboxylic acids is 1. The van der Waals surface area contributed by atoms with Gasteiger partial charge < -0.3 is 9.80 Å². The zero-order chi connectivity index (χ0) is 21.2. The Morgan fingerprint density at radius 2 is 1.93 bits per heavy atom. The van der Waals surface area contributed by atoms with Gasteiger partial charge in [0.05, 0.1) is 4.90 Å². The Kier molecular flexibility index (Phi) is 6.78. The number of hydrogen-bond donors (Lipinski definition) is 1. The van der Waals surface area contributed by atoms with E-state index in [2.05, 4.69) is 20.7 Å². The van der Waals surface area contributed by atoms with Crippen molar-refractivity contribution < 1.29 is 13.2 Å². The number of likely N-dealkylation sites (N-methyl/N-ethyl adjacent to an activating group) is 1. The first kappa shape index (κ1) is 22.0. The molecule has 1 aliphatic heterocycles. The molecule has 2 aromatic carbocycles. The molecule has 2 aromatic rings. The number of fused-ring (bicyclic) bond motifs is 1. The molecule has 0 bridgehead atoms. The number of amides is 1. The Labute approximate surface area is 181 Å². The van der Waals surface area contributed by atoms with Crippen molar-refractivity contribution in [3.63, 3.8) is 0 Å². The summed E-state index contributed by atoms with van der Waals surface area (Å²) in [6.07, 6.45) is 1.46. The number of halogens is 1. The molecule has 0 radical (unpaired) electrons. The van der Waals surface area contributed by atoms with Crippen LogP contribution in [0.15, 0.2) is 51.8 Å². The van der Waals surface area contributed by atoms with Gasteiger partial charge in [-0.15, -0.1) is 0 Å². The summed E-state index contributed by atoms with van der Waals surface area (Å²) in [6.45, 7) is 2.35. The summed E-state index contributed by atoms with van der Waals surface area (Å²) < 4.78 is 29.4. The smallest absolute Gasteiger partial charge is 0.241 e. The molecule has 6 nitrogen and oxygen atoms in total. The molecular weight excluding hydrogens is 454 g/mol. The summed E-state index contributed by atoms with van der Waals surface area (Å²) in [6, 6.07) is 13.4. The standard InChI is InChI=1S/C21H26BrN3O3S/c1-15(26)25-10-9-17-12-19(22)21(13-20(17)25)29(27,28)23-14-18(24(2)3)11-16-7-5-4-6-8-16/h4-8,12-13,18,23H,9-11,14H2,1-3H3/t18-/m0/s1. The molecule has 156 valence electrons. The van der Waals surface area contributed by atoms with Crippen LogP contribution in [0.2, 0.25) is 0 Å². The van der Waals surface area contributed by atoms with Gasteiger partial charge in [0.25, 0.3) is 0 Å². The molecule has 1 heterocycles. The van der Waals surface area contributed by atoms with Crippen molar-refractivity contribution in [3.8, 4) is 0 Å². The third-order valence-electron chi connectivity index (χ3n) is 5.25. The van der Waals surface area contributed by atoms with Gasteiger partial charge in [0, 0.05) is 36.2 Å². The van der Waals surface area contributed by atoms with E-state index in [-0.39, 0.29) is 23.4 Å². The molecule has 0 spiro atoms. The quantitative estimate of drug-likeness (QED) is 0.662. The number of sulfonamides is 1. The summed E-state index contributed by atoms with van der Waals surface area (Å²) in [7, 11) is 0.141. The summed E-state index contributed by atoms with van der Waals surface area (Å²) >= 11 is 3.40. The zero-order valence-corrected chi connectivity index (χ0v) is 19.3. The largest absolute Gasteiger partial charge is 0.312 e. The molecule has 29 heavy (non-hydrogen) atoms. The second-order valence-electron chi connectivity index (χ2n) is 7.49. The minimum absolute atomic E-state index is 0.00842. The van der Waals surface area contributed by atoms with Gasteiger partial charge in [0.15, 0.2) is 0 Å². The van der Waals surface area contributed by atoms with Crippen LogP contribution >= 0.6 is 15.9 Å². The molecule has 0 aliphatic carbocycles. The van der Waals surface area contributed by atoms with E-state index in [1.807, 2.05) is 49.3 Å². The van der Waals surface area contributed by atoms with Crippen molar-refractivity contribution >= 4 is 37.5 Å². The fourth-order valence-corrected chi connectivity index (χ4v) is 5.71. The van der Waals surface area contributed by atoms with Gasteiger partial charge in [0.1, 0.15) is 0 Å². The molecule has 1 atom stereocenters. The van der Waals surface area contributed by atoms with Crippen LogP contribution in [0.4, 0.5) is 5.69 Å². The first-order valence-electron chi connectivity index (χ1n) is 9.49. The van der Waals surface area contributed by atoms with Crippen molar-refractivity contribution in [2.75, 3.05) is 32.1 Å². The van der Waals surface area contributed by atoms with E-state index in [0.717, 1.165) is 24.0 Å². The fraction of sp³-hybridized carbons (Fsp3) is 0.381. The van der Waals surface area contributed by atoms with Gasteiger partial charge in [-0.1, -0.05) is 30.3 Å². The normalized spacial score (nSPS) is 14.9. The minimum Gasteiger partial charge on any atom is -0.312 e. The third-order valence-corrected chi connectivity index (χ3v) is 7.63. The lowest BCUT2D eigenvalue weighted by Crippen LogP contribution is -2.41.